The van der Waals surface area contributed by atoms with Crippen molar-refractivity contribution in [2.45, 2.75) is 6.18 Å². The highest BCUT2D eigenvalue weighted by molar-refractivity contribution is 6.02. The summed E-state index contributed by atoms with van der Waals surface area (Å²) in [6.07, 6.45) is -4.49. The number of hydrogen-bond acceptors (Lipinski definition) is 3. The Balaban J connectivity index is 1.80. The van der Waals surface area contributed by atoms with Gasteiger partial charge in [-0.1, -0.05) is 42.2 Å². The number of carbonyl (C=O) groups is 1. The summed E-state index contributed by atoms with van der Waals surface area (Å²) < 4.78 is 37.7. The van der Waals surface area contributed by atoms with Gasteiger partial charge in [0.15, 0.2) is 0 Å². The smallest absolute Gasteiger partial charge is 0.279 e. The average molecular weight is 357 g/mol. The minimum atomic E-state index is -4.49. The van der Waals surface area contributed by atoms with Crippen molar-refractivity contribution in [3.05, 3.63) is 71.3 Å². The van der Waals surface area contributed by atoms with Crippen LogP contribution >= 0.6 is 0 Å². The third-order valence-electron chi connectivity index (χ3n) is 3.51. The Labute approximate surface area is 148 Å². The summed E-state index contributed by atoms with van der Waals surface area (Å²) in [7, 11) is 0. The second-order valence-corrected chi connectivity index (χ2v) is 5.57. The molecule has 0 unspecified atom stereocenters. The molecule has 7 heteroatoms. The van der Waals surface area contributed by atoms with E-state index in [1.54, 1.807) is 24.3 Å². The van der Waals surface area contributed by atoms with E-state index in [0.717, 1.165) is 5.56 Å². The number of hydrazine groups is 1. The summed E-state index contributed by atoms with van der Waals surface area (Å²) in [4.78, 5) is 15.6. The second-order valence-electron chi connectivity index (χ2n) is 5.57. The number of amidine groups is 1. The van der Waals surface area contributed by atoms with E-state index in [1.165, 1.54) is 0 Å². The monoisotopic (exact) mass is 357 g/mol. The van der Waals surface area contributed by atoms with Crippen molar-refractivity contribution in [3.8, 4) is 11.8 Å². The van der Waals surface area contributed by atoms with Crippen molar-refractivity contribution >= 4 is 11.7 Å². The van der Waals surface area contributed by atoms with Crippen LogP contribution in [0.1, 0.15) is 16.7 Å². The maximum Gasteiger partial charge on any atom is 0.408 e. The average Bonchev–Trinajstić information content (AvgIpc) is 2.62. The molecular formula is C19H14F3N3O. The molecule has 1 aliphatic heterocycles. The van der Waals surface area contributed by atoms with Crippen LogP contribution in [-0.4, -0.2) is 36.0 Å². The van der Waals surface area contributed by atoms with E-state index in [2.05, 4.69) is 22.3 Å². The van der Waals surface area contributed by atoms with Crippen LogP contribution in [-0.2, 0) is 4.79 Å². The molecule has 0 spiro atoms. The van der Waals surface area contributed by atoms with Gasteiger partial charge in [-0.3, -0.25) is 15.2 Å². The van der Waals surface area contributed by atoms with Gasteiger partial charge in [0, 0.05) is 16.7 Å². The lowest BCUT2D eigenvalue weighted by Crippen LogP contribution is -2.54. The fourth-order valence-electron chi connectivity index (χ4n) is 2.33. The van der Waals surface area contributed by atoms with Crippen LogP contribution in [0.4, 0.5) is 13.2 Å². The molecule has 0 radical (unpaired) electrons. The summed E-state index contributed by atoms with van der Waals surface area (Å²) in [6, 6.07) is 16.4. The Bertz CT molecular complexity index is 895. The number of amides is 1. The number of alkyl halides is 3. The fraction of sp³-hybridized carbons (Fsp3) is 0.158. The van der Waals surface area contributed by atoms with Gasteiger partial charge in [0.05, 0.1) is 0 Å². The van der Waals surface area contributed by atoms with Gasteiger partial charge < -0.3 is 0 Å². The third-order valence-corrected chi connectivity index (χ3v) is 3.51. The van der Waals surface area contributed by atoms with Gasteiger partial charge in [-0.25, -0.2) is 5.01 Å². The molecule has 0 aromatic heterocycles. The normalized spacial score (nSPS) is 14.2. The Morgan fingerprint density at radius 1 is 1.04 bits per heavy atom. The molecule has 1 heterocycles. The molecule has 0 fully saturated rings. The zero-order valence-corrected chi connectivity index (χ0v) is 13.5. The van der Waals surface area contributed by atoms with E-state index in [1.807, 2.05) is 30.3 Å². The molecular weight excluding hydrogens is 343 g/mol. The molecule has 2 aromatic carbocycles. The Morgan fingerprint density at radius 3 is 2.46 bits per heavy atom. The SMILES string of the molecule is O=C1CN=C(c2cccc(C#Cc3ccccc3)c2)NN1CC(F)(F)F. The van der Waals surface area contributed by atoms with Crippen LogP contribution in [0.25, 0.3) is 0 Å². The van der Waals surface area contributed by atoms with Crippen molar-refractivity contribution in [2.75, 3.05) is 13.1 Å². The molecule has 1 amide bonds. The first-order chi connectivity index (χ1) is 12.4. The van der Waals surface area contributed by atoms with Crippen LogP contribution in [0.3, 0.4) is 0 Å². The largest absolute Gasteiger partial charge is 0.408 e. The van der Waals surface area contributed by atoms with Gasteiger partial charge in [-0.15, -0.1) is 0 Å². The van der Waals surface area contributed by atoms with Crippen molar-refractivity contribution in [3.63, 3.8) is 0 Å². The van der Waals surface area contributed by atoms with Crippen molar-refractivity contribution < 1.29 is 18.0 Å². The van der Waals surface area contributed by atoms with Crippen LogP contribution in [0.15, 0.2) is 59.6 Å². The van der Waals surface area contributed by atoms with E-state index in [4.69, 9.17) is 0 Å². The molecule has 132 valence electrons. The van der Waals surface area contributed by atoms with Gasteiger partial charge in [-0.2, -0.15) is 13.2 Å². The Hall–Kier alpha value is -3.27. The first kappa shape index (κ1) is 17.5. The zero-order chi connectivity index (χ0) is 18.6. The number of nitrogens with one attached hydrogen (secondary N) is 1. The highest BCUT2D eigenvalue weighted by Gasteiger charge is 2.35. The lowest BCUT2D eigenvalue weighted by atomic mass is 10.1. The first-order valence-corrected chi connectivity index (χ1v) is 7.76. The summed E-state index contributed by atoms with van der Waals surface area (Å²) in [6.45, 7) is -1.71. The maximum absolute atomic E-state index is 12.6. The molecule has 0 bridgehead atoms. The Kier molecular flexibility index (Phi) is 4.94. The van der Waals surface area contributed by atoms with E-state index in [0.29, 0.717) is 16.1 Å². The number of hydrogen-bond donors (Lipinski definition) is 1. The number of aliphatic imine (C=N–C) groups is 1. The lowest BCUT2D eigenvalue weighted by molar-refractivity contribution is -0.164. The first-order valence-electron chi connectivity index (χ1n) is 7.76. The fourth-order valence-corrected chi connectivity index (χ4v) is 2.33. The number of carbonyl (C=O) groups excluding carboxylic acids is 1. The minimum Gasteiger partial charge on any atom is -0.279 e. The molecule has 0 atom stereocenters. The lowest BCUT2D eigenvalue weighted by Gasteiger charge is -2.29. The zero-order valence-electron chi connectivity index (χ0n) is 13.5. The highest BCUT2D eigenvalue weighted by atomic mass is 19.4. The van der Waals surface area contributed by atoms with Gasteiger partial charge >= 0.3 is 6.18 Å². The molecule has 26 heavy (non-hydrogen) atoms. The van der Waals surface area contributed by atoms with Gasteiger partial charge in [0.25, 0.3) is 5.91 Å². The van der Waals surface area contributed by atoms with Gasteiger partial charge in [0.1, 0.15) is 18.9 Å². The molecule has 0 saturated carbocycles. The molecule has 1 N–H and O–H groups in total. The molecule has 3 rings (SSSR count). The number of nitrogens with zero attached hydrogens (tertiary/aromatic N) is 2. The molecule has 1 aliphatic rings. The van der Waals surface area contributed by atoms with Crippen LogP contribution in [0, 0.1) is 11.8 Å². The van der Waals surface area contributed by atoms with Gasteiger partial charge in [-0.05, 0) is 24.3 Å². The standard InChI is InChI=1S/C19H14F3N3O/c20-19(21,22)13-25-17(26)12-23-18(24-25)16-8-4-7-15(11-16)10-9-14-5-2-1-3-6-14/h1-8,11H,12-13H2,(H,23,24). The summed E-state index contributed by atoms with van der Waals surface area (Å²) in [5, 5.41) is 0.532. The van der Waals surface area contributed by atoms with E-state index in [9.17, 15) is 18.0 Å². The Morgan fingerprint density at radius 2 is 1.73 bits per heavy atom. The van der Waals surface area contributed by atoms with Crippen LogP contribution in [0.2, 0.25) is 0 Å². The topological polar surface area (TPSA) is 44.7 Å². The number of rotatable bonds is 2. The highest BCUT2D eigenvalue weighted by Crippen LogP contribution is 2.17. The van der Waals surface area contributed by atoms with E-state index in [-0.39, 0.29) is 12.4 Å². The quantitative estimate of drug-likeness (QED) is 0.840. The second kappa shape index (κ2) is 7.31. The number of halogens is 3. The van der Waals surface area contributed by atoms with Crippen molar-refractivity contribution in [2.24, 2.45) is 4.99 Å². The molecule has 0 aliphatic carbocycles. The van der Waals surface area contributed by atoms with Gasteiger partial charge in [0.2, 0.25) is 0 Å². The number of benzene rings is 2. The summed E-state index contributed by atoms with van der Waals surface area (Å²) in [5.41, 5.74) is 4.55. The predicted octanol–water partition coefficient (Wildman–Crippen LogP) is 2.74. The predicted molar refractivity (Wildman–Crippen MR) is 91.2 cm³/mol. The van der Waals surface area contributed by atoms with E-state index >= 15 is 0 Å². The van der Waals surface area contributed by atoms with Crippen LogP contribution < -0.4 is 5.43 Å². The maximum atomic E-state index is 12.6. The van der Waals surface area contributed by atoms with Crippen molar-refractivity contribution in [1.29, 1.82) is 0 Å². The third kappa shape index (κ3) is 4.63. The summed E-state index contributed by atoms with van der Waals surface area (Å²) >= 11 is 0. The van der Waals surface area contributed by atoms with Crippen LogP contribution in [0.5, 0.6) is 0 Å². The minimum absolute atomic E-state index is 0.206. The molecule has 2 aromatic rings. The van der Waals surface area contributed by atoms with E-state index < -0.39 is 18.6 Å². The molecule has 4 nitrogen and oxygen atoms in total. The molecule has 0 saturated heterocycles. The van der Waals surface area contributed by atoms with Crippen molar-refractivity contribution in [1.82, 2.24) is 10.4 Å². The summed E-state index contributed by atoms with van der Waals surface area (Å²) in [5.74, 6) is 5.50.